The van der Waals surface area contributed by atoms with Crippen LogP contribution in [0.2, 0.25) is 0 Å². The first-order chi connectivity index (χ1) is 6.77. The molecule has 4 heteroatoms. The Hall–Kier alpha value is 0.1000. The lowest BCUT2D eigenvalue weighted by Gasteiger charge is -2.13. The molecule has 0 saturated heterocycles. The summed E-state index contributed by atoms with van der Waals surface area (Å²) in [6.45, 7) is 2.21. The van der Waals surface area contributed by atoms with E-state index in [-0.39, 0.29) is 0 Å². The van der Waals surface area contributed by atoms with Gasteiger partial charge in [0.1, 0.15) is 0 Å². The Morgan fingerprint density at radius 2 is 2.29 bits per heavy atom. The van der Waals surface area contributed by atoms with Gasteiger partial charge in [-0.15, -0.1) is 11.3 Å². The molecule has 0 saturated carbocycles. The molecule has 0 spiro atoms. The number of hydrogen-bond acceptors (Lipinski definition) is 3. The zero-order chi connectivity index (χ0) is 10.4. The van der Waals surface area contributed by atoms with Crippen LogP contribution in [0.25, 0.3) is 0 Å². The molecule has 0 bridgehead atoms. The molecule has 2 nitrogen and oxygen atoms in total. The van der Waals surface area contributed by atoms with Gasteiger partial charge in [0.15, 0.2) is 0 Å². The van der Waals surface area contributed by atoms with Crippen molar-refractivity contribution in [1.82, 2.24) is 5.43 Å². The smallest absolute Gasteiger partial charge is 0.0702 e. The van der Waals surface area contributed by atoms with Gasteiger partial charge in [-0.3, -0.25) is 11.3 Å². The fourth-order valence-electron chi connectivity index (χ4n) is 1.42. The lowest BCUT2D eigenvalue weighted by Crippen LogP contribution is -2.27. The van der Waals surface area contributed by atoms with Crippen molar-refractivity contribution in [1.29, 1.82) is 0 Å². The Labute approximate surface area is 98.0 Å². The fourth-order valence-corrected chi connectivity index (χ4v) is 2.94. The minimum atomic E-state index is 0.317. The summed E-state index contributed by atoms with van der Waals surface area (Å²) in [4.78, 5) is 1.32. The first kappa shape index (κ1) is 12.2. The van der Waals surface area contributed by atoms with E-state index in [0.29, 0.717) is 6.04 Å². The number of hydrogen-bond donors (Lipinski definition) is 2. The number of halogens is 1. The highest BCUT2D eigenvalue weighted by Gasteiger charge is 2.10. The quantitative estimate of drug-likeness (QED) is 0.473. The van der Waals surface area contributed by atoms with Crippen LogP contribution in [-0.4, -0.2) is 0 Å². The Morgan fingerprint density at radius 3 is 2.79 bits per heavy atom. The SMILES string of the molecule is CCCCCC(NN)c1ccc(Br)s1. The minimum absolute atomic E-state index is 0.317. The molecular weight excluding hydrogens is 260 g/mol. The number of rotatable bonds is 6. The molecule has 0 radical (unpaired) electrons. The van der Waals surface area contributed by atoms with Gasteiger partial charge in [0.05, 0.1) is 9.83 Å². The highest BCUT2D eigenvalue weighted by Crippen LogP contribution is 2.29. The van der Waals surface area contributed by atoms with Crippen molar-refractivity contribution in [2.75, 3.05) is 0 Å². The van der Waals surface area contributed by atoms with Crippen molar-refractivity contribution in [2.24, 2.45) is 5.84 Å². The van der Waals surface area contributed by atoms with E-state index in [1.54, 1.807) is 11.3 Å². The molecule has 0 amide bonds. The van der Waals surface area contributed by atoms with Gasteiger partial charge in [0.2, 0.25) is 0 Å². The molecular formula is C10H17BrN2S. The summed E-state index contributed by atoms with van der Waals surface area (Å²) in [6, 6.07) is 4.52. The summed E-state index contributed by atoms with van der Waals surface area (Å²) in [5.74, 6) is 5.54. The van der Waals surface area contributed by atoms with Gasteiger partial charge in [0, 0.05) is 4.88 Å². The Kier molecular flexibility index (Phi) is 5.70. The maximum absolute atomic E-state index is 5.54. The van der Waals surface area contributed by atoms with Crippen molar-refractivity contribution in [2.45, 2.75) is 38.6 Å². The first-order valence-corrected chi connectivity index (χ1v) is 6.60. The van der Waals surface area contributed by atoms with E-state index in [9.17, 15) is 0 Å². The van der Waals surface area contributed by atoms with E-state index >= 15 is 0 Å². The van der Waals surface area contributed by atoms with Crippen LogP contribution in [0.15, 0.2) is 15.9 Å². The van der Waals surface area contributed by atoms with Crippen LogP contribution in [0.5, 0.6) is 0 Å². The lowest BCUT2D eigenvalue weighted by molar-refractivity contribution is 0.493. The van der Waals surface area contributed by atoms with Gasteiger partial charge in [0.25, 0.3) is 0 Å². The molecule has 1 heterocycles. The maximum atomic E-state index is 5.54. The summed E-state index contributed by atoms with van der Waals surface area (Å²) in [5, 5.41) is 0. The first-order valence-electron chi connectivity index (χ1n) is 4.99. The molecule has 80 valence electrons. The van der Waals surface area contributed by atoms with E-state index < -0.39 is 0 Å². The average Bonchev–Trinajstić information content (AvgIpc) is 2.60. The van der Waals surface area contributed by atoms with Crippen molar-refractivity contribution in [3.63, 3.8) is 0 Å². The van der Waals surface area contributed by atoms with Crippen molar-refractivity contribution < 1.29 is 0 Å². The maximum Gasteiger partial charge on any atom is 0.0702 e. The number of hydrazine groups is 1. The van der Waals surface area contributed by atoms with Crippen LogP contribution in [0.1, 0.15) is 43.5 Å². The molecule has 14 heavy (non-hydrogen) atoms. The van der Waals surface area contributed by atoms with Gasteiger partial charge in [-0.25, -0.2) is 0 Å². The third kappa shape index (κ3) is 3.69. The monoisotopic (exact) mass is 276 g/mol. The van der Waals surface area contributed by atoms with Crippen molar-refractivity contribution in [3.05, 3.63) is 20.8 Å². The second-order valence-corrected chi connectivity index (χ2v) is 5.85. The second-order valence-electron chi connectivity index (χ2n) is 3.36. The third-order valence-corrected chi connectivity index (χ3v) is 3.97. The normalized spacial score (nSPS) is 13.1. The molecule has 1 aromatic rings. The van der Waals surface area contributed by atoms with Crippen molar-refractivity contribution >= 4 is 27.3 Å². The highest BCUT2D eigenvalue weighted by molar-refractivity contribution is 9.11. The van der Waals surface area contributed by atoms with E-state index in [1.165, 1.54) is 27.9 Å². The summed E-state index contributed by atoms with van der Waals surface area (Å²) < 4.78 is 1.17. The zero-order valence-corrected chi connectivity index (χ0v) is 10.8. The number of unbranched alkanes of at least 4 members (excludes halogenated alkanes) is 2. The Bertz CT molecular complexity index is 262. The standard InChI is InChI=1S/C10H17BrN2S/c1-2-3-4-5-8(13-12)9-6-7-10(11)14-9/h6-8,13H,2-5,12H2,1H3. The molecule has 0 fully saturated rings. The van der Waals surface area contributed by atoms with Gasteiger partial charge in [-0.1, -0.05) is 26.2 Å². The summed E-state index contributed by atoms with van der Waals surface area (Å²) in [5.41, 5.74) is 2.88. The molecule has 0 aromatic carbocycles. The predicted molar refractivity (Wildman–Crippen MR) is 66.2 cm³/mol. The van der Waals surface area contributed by atoms with E-state index in [2.05, 4.69) is 40.4 Å². The van der Waals surface area contributed by atoms with E-state index in [1.807, 2.05) is 0 Å². The van der Waals surface area contributed by atoms with Crippen LogP contribution in [0, 0.1) is 0 Å². The summed E-state index contributed by atoms with van der Waals surface area (Å²) in [6.07, 6.45) is 4.90. The Morgan fingerprint density at radius 1 is 1.50 bits per heavy atom. The zero-order valence-electron chi connectivity index (χ0n) is 8.42. The average molecular weight is 277 g/mol. The number of thiophene rings is 1. The third-order valence-electron chi connectivity index (χ3n) is 2.23. The topological polar surface area (TPSA) is 38.0 Å². The van der Waals surface area contributed by atoms with Crippen LogP contribution >= 0.6 is 27.3 Å². The second kappa shape index (κ2) is 6.56. The van der Waals surface area contributed by atoms with Crippen LogP contribution in [-0.2, 0) is 0 Å². The van der Waals surface area contributed by atoms with Crippen LogP contribution in [0.4, 0.5) is 0 Å². The lowest BCUT2D eigenvalue weighted by atomic mass is 10.1. The van der Waals surface area contributed by atoms with E-state index in [4.69, 9.17) is 5.84 Å². The van der Waals surface area contributed by atoms with Gasteiger partial charge >= 0.3 is 0 Å². The summed E-state index contributed by atoms with van der Waals surface area (Å²) in [7, 11) is 0. The van der Waals surface area contributed by atoms with Crippen LogP contribution < -0.4 is 11.3 Å². The molecule has 0 aliphatic carbocycles. The number of nitrogens with one attached hydrogen (secondary N) is 1. The molecule has 3 N–H and O–H groups in total. The molecule has 0 aliphatic heterocycles. The predicted octanol–water partition coefficient (Wildman–Crippen LogP) is 3.60. The number of nitrogens with two attached hydrogens (primary N) is 1. The molecule has 0 aliphatic rings. The molecule has 1 rings (SSSR count). The Balaban J connectivity index is 2.45. The van der Waals surface area contributed by atoms with Crippen molar-refractivity contribution in [3.8, 4) is 0 Å². The van der Waals surface area contributed by atoms with E-state index in [0.717, 1.165) is 6.42 Å². The van der Waals surface area contributed by atoms with Crippen LogP contribution in [0.3, 0.4) is 0 Å². The fraction of sp³-hybridized carbons (Fsp3) is 0.600. The molecule has 1 atom stereocenters. The van der Waals surface area contributed by atoms with Gasteiger partial charge in [-0.2, -0.15) is 0 Å². The van der Waals surface area contributed by atoms with Gasteiger partial charge < -0.3 is 0 Å². The molecule has 1 aromatic heterocycles. The largest absolute Gasteiger partial charge is 0.271 e. The molecule has 1 unspecified atom stereocenters. The minimum Gasteiger partial charge on any atom is -0.271 e. The van der Waals surface area contributed by atoms with Gasteiger partial charge in [-0.05, 0) is 34.5 Å². The highest BCUT2D eigenvalue weighted by atomic mass is 79.9. The summed E-state index contributed by atoms with van der Waals surface area (Å²) >= 11 is 5.21.